The lowest BCUT2D eigenvalue weighted by molar-refractivity contribution is 0.0696. The summed E-state index contributed by atoms with van der Waals surface area (Å²) in [7, 11) is 0. The lowest BCUT2D eigenvalue weighted by Gasteiger charge is -2.06. The number of amides is 1. The van der Waals surface area contributed by atoms with Crippen LogP contribution in [-0.2, 0) is 0 Å². The SMILES string of the molecule is O=C(O)c1ccnc(NC(=O)c2cc(F)cnc2Cl)c1. The Morgan fingerprint density at radius 2 is 2.05 bits per heavy atom. The maximum absolute atomic E-state index is 13.0. The summed E-state index contributed by atoms with van der Waals surface area (Å²) in [6.45, 7) is 0. The van der Waals surface area contributed by atoms with Crippen molar-refractivity contribution in [3.63, 3.8) is 0 Å². The molecule has 0 atom stereocenters. The number of nitrogens with zero attached hydrogens (tertiary/aromatic N) is 2. The van der Waals surface area contributed by atoms with Gasteiger partial charge in [0.05, 0.1) is 17.3 Å². The Balaban J connectivity index is 2.25. The first-order chi connectivity index (χ1) is 9.47. The fourth-order valence-corrected chi connectivity index (χ4v) is 1.59. The number of pyridine rings is 2. The summed E-state index contributed by atoms with van der Waals surface area (Å²) in [5.41, 5.74) is -0.215. The minimum absolute atomic E-state index is 0.00947. The van der Waals surface area contributed by atoms with Gasteiger partial charge in [-0.1, -0.05) is 11.6 Å². The van der Waals surface area contributed by atoms with E-state index in [0.717, 1.165) is 12.3 Å². The van der Waals surface area contributed by atoms with Gasteiger partial charge in [0.1, 0.15) is 16.8 Å². The predicted molar refractivity (Wildman–Crippen MR) is 68.4 cm³/mol. The number of aromatic nitrogens is 2. The molecule has 0 aliphatic rings. The Hall–Kier alpha value is -2.54. The molecule has 1 amide bonds. The van der Waals surface area contributed by atoms with Gasteiger partial charge in [0.25, 0.3) is 5.91 Å². The predicted octanol–water partition coefficient (Wildman–Crippen LogP) is 2.22. The molecule has 2 aromatic rings. The van der Waals surface area contributed by atoms with Crippen molar-refractivity contribution in [3.05, 3.63) is 52.7 Å². The van der Waals surface area contributed by atoms with Crippen LogP contribution in [0.1, 0.15) is 20.7 Å². The van der Waals surface area contributed by atoms with Crippen molar-refractivity contribution in [3.8, 4) is 0 Å². The molecule has 2 rings (SSSR count). The van der Waals surface area contributed by atoms with E-state index in [1.54, 1.807) is 0 Å². The van der Waals surface area contributed by atoms with Gasteiger partial charge in [0.2, 0.25) is 0 Å². The Labute approximate surface area is 117 Å². The summed E-state index contributed by atoms with van der Waals surface area (Å²) in [6.07, 6.45) is 2.10. The van der Waals surface area contributed by atoms with Gasteiger partial charge in [0.15, 0.2) is 0 Å². The highest BCUT2D eigenvalue weighted by Gasteiger charge is 2.14. The molecule has 0 saturated heterocycles. The average Bonchev–Trinajstić information content (AvgIpc) is 2.41. The molecule has 20 heavy (non-hydrogen) atoms. The molecule has 2 aromatic heterocycles. The zero-order valence-electron chi connectivity index (χ0n) is 9.80. The molecule has 0 bridgehead atoms. The number of hydrogen-bond acceptors (Lipinski definition) is 4. The lowest BCUT2D eigenvalue weighted by atomic mass is 10.2. The highest BCUT2D eigenvalue weighted by Crippen LogP contribution is 2.16. The van der Waals surface area contributed by atoms with E-state index in [2.05, 4.69) is 15.3 Å². The van der Waals surface area contributed by atoms with Crippen molar-refractivity contribution in [1.82, 2.24) is 9.97 Å². The first kappa shape index (κ1) is 13.9. The van der Waals surface area contributed by atoms with Gasteiger partial charge in [0, 0.05) is 6.20 Å². The minimum Gasteiger partial charge on any atom is -0.478 e. The van der Waals surface area contributed by atoms with E-state index in [1.165, 1.54) is 18.3 Å². The van der Waals surface area contributed by atoms with Crippen LogP contribution in [-0.4, -0.2) is 27.0 Å². The van der Waals surface area contributed by atoms with Crippen LogP contribution in [0, 0.1) is 5.82 Å². The van der Waals surface area contributed by atoms with Gasteiger partial charge >= 0.3 is 5.97 Å². The molecule has 0 aliphatic carbocycles. The van der Waals surface area contributed by atoms with E-state index in [0.29, 0.717) is 0 Å². The Kier molecular flexibility index (Phi) is 3.90. The number of hydrogen-bond donors (Lipinski definition) is 2. The molecule has 2 heterocycles. The largest absolute Gasteiger partial charge is 0.478 e. The van der Waals surface area contributed by atoms with Crippen LogP contribution >= 0.6 is 11.6 Å². The number of nitrogens with one attached hydrogen (secondary N) is 1. The third-order valence-corrected chi connectivity index (χ3v) is 2.60. The number of carboxylic acid groups (broad SMARTS) is 1. The highest BCUT2D eigenvalue weighted by atomic mass is 35.5. The lowest BCUT2D eigenvalue weighted by Crippen LogP contribution is -2.15. The molecule has 0 saturated carbocycles. The highest BCUT2D eigenvalue weighted by molar-refractivity contribution is 6.33. The fraction of sp³-hybridized carbons (Fsp3) is 0. The average molecular weight is 296 g/mol. The second-order valence-corrected chi connectivity index (χ2v) is 4.04. The number of rotatable bonds is 3. The number of carboxylic acids is 1. The van der Waals surface area contributed by atoms with Gasteiger partial charge in [-0.3, -0.25) is 4.79 Å². The van der Waals surface area contributed by atoms with Gasteiger partial charge < -0.3 is 10.4 Å². The van der Waals surface area contributed by atoms with Crippen LogP contribution in [0.5, 0.6) is 0 Å². The number of halogens is 2. The summed E-state index contributed by atoms with van der Waals surface area (Å²) in [4.78, 5) is 30.0. The van der Waals surface area contributed by atoms with Crippen LogP contribution in [0.3, 0.4) is 0 Å². The first-order valence-electron chi connectivity index (χ1n) is 5.29. The third-order valence-electron chi connectivity index (χ3n) is 2.30. The Morgan fingerprint density at radius 1 is 1.30 bits per heavy atom. The van der Waals surface area contributed by atoms with Gasteiger partial charge in [-0.15, -0.1) is 0 Å². The summed E-state index contributed by atoms with van der Waals surface area (Å²) in [5.74, 6) is -2.60. The number of anilines is 1. The Morgan fingerprint density at radius 3 is 2.75 bits per heavy atom. The fourth-order valence-electron chi connectivity index (χ4n) is 1.40. The van der Waals surface area contributed by atoms with Crippen molar-refractivity contribution >= 4 is 29.3 Å². The van der Waals surface area contributed by atoms with Crippen LogP contribution in [0.15, 0.2) is 30.6 Å². The maximum Gasteiger partial charge on any atom is 0.335 e. The molecule has 0 aromatic carbocycles. The summed E-state index contributed by atoms with van der Waals surface area (Å²) < 4.78 is 13.0. The van der Waals surface area contributed by atoms with Crippen molar-refractivity contribution in [2.45, 2.75) is 0 Å². The summed E-state index contributed by atoms with van der Waals surface area (Å²) in [5, 5.41) is 11.0. The van der Waals surface area contributed by atoms with E-state index in [1.807, 2.05) is 0 Å². The maximum atomic E-state index is 13.0. The quantitative estimate of drug-likeness (QED) is 0.847. The van der Waals surface area contributed by atoms with E-state index in [9.17, 15) is 14.0 Å². The summed E-state index contributed by atoms with van der Waals surface area (Å²) in [6, 6.07) is 3.36. The van der Waals surface area contributed by atoms with Gasteiger partial charge in [-0.25, -0.2) is 19.2 Å². The zero-order chi connectivity index (χ0) is 14.7. The molecule has 0 radical (unpaired) electrons. The molecule has 6 nitrogen and oxygen atoms in total. The van der Waals surface area contributed by atoms with E-state index >= 15 is 0 Å². The third kappa shape index (κ3) is 3.07. The standard InChI is InChI=1S/C12H7ClFN3O3/c13-10-8(4-7(14)5-16-10)11(18)17-9-3-6(12(19)20)1-2-15-9/h1-5H,(H,19,20)(H,15,17,18). The molecule has 102 valence electrons. The molecule has 0 aliphatic heterocycles. The normalized spacial score (nSPS) is 10.1. The first-order valence-corrected chi connectivity index (χ1v) is 5.67. The number of carbonyl (C=O) groups is 2. The molecule has 0 unspecified atom stereocenters. The molecule has 8 heteroatoms. The van der Waals surface area contributed by atoms with Gasteiger partial charge in [-0.2, -0.15) is 0 Å². The number of carbonyl (C=O) groups excluding carboxylic acids is 1. The van der Waals surface area contributed by atoms with Crippen LogP contribution < -0.4 is 5.32 Å². The van der Waals surface area contributed by atoms with E-state index in [-0.39, 0.29) is 22.1 Å². The topological polar surface area (TPSA) is 92.2 Å². The van der Waals surface area contributed by atoms with Crippen molar-refractivity contribution < 1.29 is 19.1 Å². The summed E-state index contributed by atoms with van der Waals surface area (Å²) >= 11 is 5.69. The van der Waals surface area contributed by atoms with Crippen molar-refractivity contribution in [2.75, 3.05) is 5.32 Å². The minimum atomic E-state index is -1.16. The molecule has 0 fully saturated rings. The zero-order valence-corrected chi connectivity index (χ0v) is 10.6. The molecular formula is C12H7ClFN3O3. The second-order valence-electron chi connectivity index (χ2n) is 3.68. The molecule has 2 N–H and O–H groups in total. The Bertz CT molecular complexity index is 693. The van der Waals surface area contributed by atoms with Crippen LogP contribution in [0.4, 0.5) is 10.2 Å². The van der Waals surface area contributed by atoms with E-state index in [4.69, 9.17) is 16.7 Å². The van der Waals surface area contributed by atoms with Crippen LogP contribution in [0.2, 0.25) is 5.15 Å². The number of aromatic carboxylic acids is 1. The smallest absolute Gasteiger partial charge is 0.335 e. The van der Waals surface area contributed by atoms with Crippen molar-refractivity contribution in [2.24, 2.45) is 0 Å². The van der Waals surface area contributed by atoms with Gasteiger partial charge in [-0.05, 0) is 18.2 Å². The van der Waals surface area contributed by atoms with Crippen LogP contribution in [0.25, 0.3) is 0 Å². The molecular weight excluding hydrogens is 289 g/mol. The van der Waals surface area contributed by atoms with Crippen molar-refractivity contribution in [1.29, 1.82) is 0 Å². The van der Waals surface area contributed by atoms with E-state index < -0.39 is 17.7 Å². The molecule has 0 spiro atoms. The second kappa shape index (κ2) is 5.62. The monoisotopic (exact) mass is 295 g/mol.